The third-order valence-corrected chi connectivity index (χ3v) is 9.87. The Hall–Kier alpha value is -5.38. The fourth-order valence-electron chi connectivity index (χ4n) is 7.03. The average molecular weight is 599 g/mol. The molecule has 4 atom stereocenters. The van der Waals surface area contributed by atoms with E-state index in [0.29, 0.717) is 11.1 Å². The van der Waals surface area contributed by atoms with Crippen molar-refractivity contribution < 1.29 is 49.7 Å². The van der Waals surface area contributed by atoms with Gasteiger partial charge >= 0.3 is 0 Å². The van der Waals surface area contributed by atoms with E-state index in [-0.39, 0.29) is 45.6 Å². The Morgan fingerprint density at radius 3 is 1.11 bits per heavy atom. The van der Waals surface area contributed by atoms with Gasteiger partial charge in [-0.2, -0.15) is 0 Å². The summed E-state index contributed by atoms with van der Waals surface area (Å²) in [6.45, 7) is 6.20. The number of Topliss-reactive ketones (excluding diaryl/α,β-unsaturated/α-hetero) is 2. The zero-order valence-corrected chi connectivity index (χ0v) is 24.2. The number of fused-ring (bicyclic) bond motifs is 2. The molecule has 6 rings (SSSR count). The number of hydrogen-bond acceptors (Lipinski definition) is 10. The molecule has 226 valence electrons. The first-order valence-electron chi connectivity index (χ1n) is 13.8. The predicted molar refractivity (Wildman–Crippen MR) is 157 cm³/mol. The Bertz CT molecular complexity index is 1730. The summed E-state index contributed by atoms with van der Waals surface area (Å²) < 4.78 is 13.1. The van der Waals surface area contributed by atoms with Crippen molar-refractivity contribution in [1.29, 1.82) is 0 Å². The maximum atomic E-state index is 15.1. The van der Waals surface area contributed by atoms with Crippen LogP contribution in [0.3, 0.4) is 0 Å². The number of carbonyl (C=O) groups excluding carboxylic acids is 2. The number of carbonyl (C=O) groups is 2. The molecule has 2 aliphatic heterocycles. The van der Waals surface area contributed by atoms with E-state index in [0.717, 1.165) is 12.1 Å². The minimum Gasteiger partial charge on any atom is -0.508 e. The van der Waals surface area contributed by atoms with Crippen molar-refractivity contribution in [2.45, 2.75) is 38.9 Å². The maximum Gasteiger partial charge on any atom is 0.181 e. The van der Waals surface area contributed by atoms with Crippen LogP contribution in [0.4, 0.5) is 0 Å². The standard InChI is InChI=1S/C34H30O10/c1-31(29(41)27-23(39)13-21(37)15-25(27)43-33(31,3)17-5-9-19(35)10-6-17)32(2)30(42)28-24(40)14-22(38)16-26(28)44-34(32,4)18-7-11-20(36)12-8-18/h5-16,35-40H,1-4H3/t31-,32-,33-,34-/m1/s1. The van der Waals surface area contributed by atoms with Gasteiger partial charge in [-0.05, 0) is 63.1 Å². The average Bonchev–Trinajstić information content (AvgIpc) is 2.94. The van der Waals surface area contributed by atoms with Crippen LogP contribution in [0.25, 0.3) is 0 Å². The summed E-state index contributed by atoms with van der Waals surface area (Å²) in [5.41, 5.74) is -7.28. The molecule has 0 unspecified atom stereocenters. The van der Waals surface area contributed by atoms with Gasteiger partial charge in [0.25, 0.3) is 0 Å². The third-order valence-electron chi connectivity index (χ3n) is 9.87. The molecule has 10 nitrogen and oxygen atoms in total. The van der Waals surface area contributed by atoms with Gasteiger partial charge in [0.05, 0.1) is 10.8 Å². The number of hydrogen-bond donors (Lipinski definition) is 6. The van der Waals surface area contributed by atoms with Gasteiger partial charge in [0.1, 0.15) is 68.3 Å². The lowest BCUT2D eigenvalue weighted by molar-refractivity contribution is -0.157. The van der Waals surface area contributed by atoms with Crippen LogP contribution in [0.1, 0.15) is 59.5 Å². The van der Waals surface area contributed by atoms with Crippen molar-refractivity contribution in [3.63, 3.8) is 0 Å². The highest BCUT2D eigenvalue weighted by atomic mass is 16.5. The van der Waals surface area contributed by atoms with Crippen molar-refractivity contribution in [1.82, 2.24) is 0 Å². The Morgan fingerprint density at radius 2 is 0.795 bits per heavy atom. The Kier molecular flexibility index (Phi) is 5.92. The smallest absolute Gasteiger partial charge is 0.181 e. The fraction of sp³-hybridized carbons (Fsp3) is 0.235. The van der Waals surface area contributed by atoms with E-state index in [9.17, 15) is 30.6 Å². The molecular weight excluding hydrogens is 568 g/mol. The van der Waals surface area contributed by atoms with Crippen LogP contribution >= 0.6 is 0 Å². The number of aromatic hydroxyl groups is 6. The summed E-state index contributed by atoms with van der Waals surface area (Å²) in [5, 5.41) is 62.7. The molecule has 6 N–H and O–H groups in total. The molecule has 2 aliphatic rings. The van der Waals surface area contributed by atoms with Crippen LogP contribution in [0.2, 0.25) is 0 Å². The molecule has 2 heterocycles. The van der Waals surface area contributed by atoms with Crippen LogP contribution in [-0.2, 0) is 11.2 Å². The third kappa shape index (κ3) is 3.48. The van der Waals surface area contributed by atoms with E-state index >= 15 is 9.59 Å². The van der Waals surface area contributed by atoms with Gasteiger partial charge in [-0.25, -0.2) is 0 Å². The number of rotatable bonds is 3. The van der Waals surface area contributed by atoms with Gasteiger partial charge in [0.2, 0.25) is 0 Å². The van der Waals surface area contributed by atoms with Gasteiger partial charge in [-0.1, -0.05) is 24.3 Å². The van der Waals surface area contributed by atoms with E-state index < -0.39 is 45.1 Å². The number of benzene rings is 4. The number of phenols is 6. The quantitative estimate of drug-likeness (QED) is 0.174. The van der Waals surface area contributed by atoms with Gasteiger partial charge in [0.15, 0.2) is 11.6 Å². The van der Waals surface area contributed by atoms with Gasteiger partial charge in [0, 0.05) is 24.3 Å². The second-order valence-corrected chi connectivity index (χ2v) is 11.9. The summed E-state index contributed by atoms with van der Waals surface area (Å²) in [4.78, 5) is 30.2. The zero-order valence-electron chi connectivity index (χ0n) is 24.2. The molecule has 10 heteroatoms. The second kappa shape index (κ2) is 9.06. The number of ether oxygens (including phenoxy) is 2. The van der Waals surface area contributed by atoms with Crippen LogP contribution in [0, 0.1) is 10.8 Å². The minimum absolute atomic E-state index is 0.0623. The number of phenolic OH excluding ortho intramolecular Hbond substituents is 6. The molecule has 0 aliphatic carbocycles. The topological polar surface area (TPSA) is 174 Å². The molecule has 0 aromatic heterocycles. The van der Waals surface area contributed by atoms with Crippen LogP contribution in [0.15, 0.2) is 72.8 Å². The van der Waals surface area contributed by atoms with Crippen molar-refractivity contribution in [2.75, 3.05) is 0 Å². The van der Waals surface area contributed by atoms with Gasteiger partial charge < -0.3 is 40.1 Å². The van der Waals surface area contributed by atoms with E-state index in [1.807, 2.05) is 0 Å². The Balaban J connectivity index is 1.76. The highest BCUT2D eigenvalue weighted by Gasteiger charge is 2.76. The summed E-state index contributed by atoms with van der Waals surface area (Å²) in [5.74, 6) is -3.70. The van der Waals surface area contributed by atoms with E-state index in [2.05, 4.69) is 0 Å². The van der Waals surface area contributed by atoms with Crippen molar-refractivity contribution in [2.24, 2.45) is 10.8 Å². The highest BCUT2D eigenvalue weighted by Crippen LogP contribution is 2.68. The zero-order chi connectivity index (χ0) is 32.0. The normalized spacial score (nSPS) is 27.5. The Labute approximate surface area is 252 Å². The van der Waals surface area contributed by atoms with E-state index in [1.165, 1.54) is 74.5 Å². The lowest BCUT2D eigenvalue weighted by atomic mass is 9.44. The van der Waals surface area contributed by atoms with Crippen LogP contribution < -0.4 is 9.47 Å². The van der Waals surface area contributed by atoms with Crippen molar-refractivity contribution >= 4 is 11.6 Å². The summed E-state index contributed by atoms with van der Waals surface area (Å²) in [6.07, 6.45) is 0. The van der Waals surface area contributed by atoms with Crippen LogP contribution in [-0.4, -0.2) is 42.2 Å². The lowest BCUT2D eigenvalue weighted by Gasteiger charge is -2.62. The molecule has 4 aromatic rings. The second-order valence-electron chi connectivity index (χ2n) is 11.9. The van der Waals surface area contributed by atoms with Gasteiger partial charge in [-0.3, -0.25) is 9.59 Å². The molecule has 0 spiro atoms. The molecule has 0 radical (unpaired) electrons. The lowest BCUT2D eigenvalue weighted by Crippen LogP contribution is -2.71. The largest absolute Gasteiger partial charge is 0.508 e. The first-order valence-corrected chi connectivity index (χ1v) is 13.8. The van der Waals surface area contributed by atoms with Crippen molar-refractivity contribution in [3.8, 4) is 46.0 Å². The molecule has 0 bridgehead atoms. The molecule has 0 amide bonds. The number of ketones is 2. The molecule has 4 aromatic carbocycles. The SMILES string of the molecule is C[C@]1([C@@]2(C)C(=O)c3c(O)cc(O)cc3O[C@]2(C)c2ccc(O)cc2)C(=O)c2c(O)cc(O)cc2O[C@]1(C)c1ccc(O)cc1. The first kappa shape index (κ1) is 28.7. The monoisotopic (exact) mass is 598 g/mol. The first-order chi connectivity index (χ1) is 20.6. The fourth-order valence-corrected chi connectivity index (χ4v) is 7.03. The maximum absolute atomic E-state index is 15.1. The van der Waals surface area contributed by atoms with Crippen LogP contribution in [0.5, 0.6) is 46.0 Å². The van der Waals surface area contributed by atoms with E-state index in [1.54, 1.807) is 13.8 Å². The predicted octanol–water partition coefficient (Wildman–Crippen LogP) is 5.61. The molecule has 0 saturated heterocycles. The molecular formula is C34H30O10. The van der Waals surface area contributed by atoms with Crippen molar-refractivity contribution in [3.05, 3.63) is 95.1 Å². The molecule has 0 saturated carbocycles. The highest BCUT2D eigenvalue weighted by molar-refractivity contribution is 6.15. The van der Waals surface area contributed by atoms with Gasteiger partial charge in [-0.15, -0.1) is 0 Å². The summed E-state index contributed by atoms with van der Waals surface area (Å²) in [7, 11) is 0. The van der Waals surface area contributed by atoms with E-state index in [4.69, 9.17) is 9.47 Å². The summed E-state index contributed by atoms with van der Waals surface area (Å²) >= 11 is 0. The summed E-state index contributed by atoms with van der Waals surface area (Å²) in [6, 6.07) is 16.1. The Morgan fingerprint density at radius 1 is 0.477 bits per heavy atom. The minimum atomic E-state index is -1.98. The molecule has 44 heavy (non-hydrogen) atoms. The molecule has 0 fully saturated rings.